The van der Waals surface area contributed by atoms with Crippen LogP contribution >= 0.6 is 11.3 Å². The first-order valence-corrected chi connectivity index (χ1v) is 7.20. The van der Waals surface area contributed by atoms with Crippen molar-refractivity contribution in [2.45, 2.75) is 0 Å². The second kappa shape index (κ2) is 5.86. The van der Waals surface area contributed by atoms with E-state index in [0.29, 0.717) is 10.8 Å². The predicted molar refractivity (Wildman–Crippen MR) is 84.1 cm³/mol. The van der Waals surface area contributed by atoms with Crippen molar-refractivity contribution in [1.82, 2.24) is 19.7 Å². The van der Waals surface area contributed by atoms with Gasteiger partial charge in [-0.1, -0.05) is 41.7 Å². The smallest absolute Gasteiger partial charge is 0.342 e. The Bertz CT molecular complexity index is 838. The van der Waals surface area contributed by atoms with E-state index in [1.807, 2.05) is 30.3 Å². The van der Waals surface area contributed by atoms with Crippen molar-refractivity contribution in [2.75, 3.05) is 0 Å². The van der Waals surface area contributed by atoms with Crippen LogP contribution in [-0.4, -0.2) is 24.7 Å². The monoisotopic (exact) mass is 313 g/mol. The summed E-state index contributed by atoms with van der Waals surface area (Å²) in [7, 11) is 1.60. The molecule has 0 saturated carbocycles. The summed E-state index contributed by atoms with van der Waals surface area (Å²) in [5.74, 6) is 0.435. The van der Waals surface area contributed by atoms with Gasteiger partial charge in [0.2, 0.25) is 5.82 Å². The molecule has 2 heterocycles. The number of benzene rings is 1. The van der Waals surface area contributed by atoms with Crippen LogP contribution in [0.5, 0.6) is 0 Å². The van der Waals surface area contributed by atoms with Crippen LogP contribution in [0.15, 0.2) is 36.5 Å². The molecule has 3 rings (SSSR count). The molecule has 0 amide bonds. The van der Waals surface area contributed by atoms with Gasteiger partial charge < -0.3 is 10.1 Å². The zero-order valence-corrected chi connectivity index (χ0v) is 12.4. The maximum atomic E-state index is 10.8. The summed E-state index contributed by atoms with van der Waals surface area (Å²) in [6, 6.07) is 9.77. The molecule has 0 fully saturated rings. The SMILES string of the molecule is Cn1c([N+](=O)[O-])cnc1/C=C/c1nnc(-c2ccccc2)s1. The van der Waals surface area contributed by atoms with Crippen molar-refractivity contribution in [1.29, 1.82) is 0 Å². The van der Waals surface area contributed by atoms with E-state index in [1.165, 1.54) is 22.1 Å². The van der Waals surface area contributed by atoms with E-state index in [2.05, 4.69) is 15.2 Å². The second-order valence-electron chi connectivity index (χ2n) is 4.44. The van der Waals surface area contributed by atoms with Gasteiger partial charge in [-0.15, -0.1) is 10.2 Å². The van der Waals surface area contributed by atoms with E-state index < -0.39 is 4.92 Å². The Hall–Kier alpha value is -2.87. The number of hydrogen-bond acceptors (Lipinski definition) is 6. The average molecular weight is 313 g/mol. The van der Waals surface area contributed by atoms with Crippen LogP contribution in [0.1, 0.15) is 10.8 Å². The molecule has 3 aromatic rings. The molecule has 0 radical (unpaired) electrons. The van der Waals surface area contributed by atoms with Gasteiger partial charge in [-0.25, -0.2) is 9.55 Å². The van der Waals surface area contributed by atoms with Crippen LogP contribution in [0.3, 0.4) is 0 Å². The van der Waals surface area contributed by atoms with Gasteiger partial charge in [0, 0.05) is 11.6 Å². The molecule has 1 aromatic carbocycles. The molecule has 22 heavy (non-hydrogen) atoms. The lowest BCUT2D eigenvalue weighted by molar-refractivity contribution is -0.391. The molecule has 8 heteroatoms. The highest BCUT2D eigenvalue weighted by Crippen LogP contribution is 2.24. The van der Waals surface area contributed by atoms with Crippen LogP contribution in [-0.2, 0) is 7.05 Å². The summed E-state index contributed by atoms with van der Waals surface area (Å²) in [6.45, 7) is 0. The third-order valence-corrected chi connectivity index (χ3v) is 3.96. The van der Waals surface area contributed by atoms with Gasteiger partial charge in [-0.2, -0.15) is 0 Å². The summed E-state index contributed by atoms with van der Waals surface area (Å²) in [5, 5.41) is 20.5. The number of nitro groups is 1. The molecule has 0 aliphatic heterocycles. The van der Waals surface area contributed by atoms with Crippen molar-refractivity contribution < 1.29 is 4.92 Å². The Balaban J connectivity index is 1.82. The van der Waals surface area contributed by atoms with Gasteiger partial charge in [0.15, 0.2) is 0 Å². The number of aromatic nitrogens is 4. The fourth-order valence-corrected chi connectivity index (χ4v) is 2.64. The lowest BCUT2D eigenvalue weighted by Crippen LogP contribution is -1.98. The van der Waals surface area contributed by atoms with E-state index in [-0.39, 0.29) is 5.82 Å². The topological polar surface area (TPSA) is 86.7 Å². The highest BCUT2D eigenvalue weighted by Gasteiger charge is 2.14. The van der Waals surface area contributed by atoms with E-state index in [0.717, 1.165) is 10.6 Å². The maximum Gasteiger partial charge on any atom is 0.342 e. The van der Waals surface area contributed by atoms with Crippen LogP contribution in [0.2, 0.25) is 0 Å². The zero-order valence-electron chi connectivity index (χ0n) is 11.6. The second-order valence-corrected chi connectivity index (χ2v) is 5.44. The van der Waals surface area contributed by atoms with Crippen LogP contribution in [0, 0.1) is 10.1 Å². The molecule has 0 spiro atoms. The van der Waals surface area contributed by atoms with Gasteiger partial charge in [0.05, 0.1) is 7.05 Å². The van der Waals surface area contributed by atoms with Crippen LogP contribution < -0.4 is 0 Å². The molecule has 7 nitrogen and oxygen atoms in total. The Kier molecular flexibility index (Phi) is 3.75. The third kappa shape index (κ3) is 2.77. The molecular weight excluding hydrogens is 302 g/mol. The van der Waals surface area contributed by atoms with Gasteiger partial charge in [-0.05, 0) is 11.0 Å². The first-order chi connectivity index (χ1) is 10.6. The quantitative estimate of drug-likeness (QED) is 0.546. The molecule has 110 valence electrons. The molecule has 0 bridgehead atoms. The Morgan fingerprint density at radius 3 is 2.68 bits per heavy atom. The lowest BCUT2D eigenvalue weighted by Gasteiger charge is -1.93. The summed E-state index contributed by atoms with van der Waals surface area (Å²) >= 11 is 1.44. The highest BCUT2D eigenvalue weighted by atomic mass is 32.1. The minimum atomic E-state index is -0.469. The molecule has 0 unspecified atom stereocenters. The molecule has 0 aliphatic carbocycles. The highest BCUT2D eigenvalue weighted by molar-refractivity contribution is 7.15. The van der Waals surface area contributed by atoms with Gasteiger partial charge >= 0.3 is 5.82 Å². The largest absolute Gasteiger partial charge is 0.358 e. The van der Waals surface area contributed by atoms with Gasteiger partial charge in [-0.3, -0.25) is 0 Å². The van der Waals surface area contributed by atoms with E-state index in [4.69, 9.17) is 0 Å². The van der Waals surface area contributed by atoms with Gasteiger partial charge in [0.1, 0.15) is 16.2 Å². The molecular formula is C14H11N5O2S. The summed E-state index contributed by atoms with van der Waals surface area (Å²) in [4.78, 5) is 14.3. The molecule has 0 atom stereocenters. The van der Waals surface area contributed by atoms with Crippen molar-refractivity contribution >= 4 is 29.3 Å². The third-order valence-electron chi connectivity index (χ3n) is 3.02. The molecule has 0 saturated heterocycles. The minimum absolute atomic E-state index is 0.0538. The van der Waals surface area contributed by atoms with E-state index >= 15 is 0 Å². The Morgan fingerprint density at radius 2 is 2.00 bits per heavy atom. The summed E-state index contributed by atoms with van der Waals surface area (Å²) in [5.41, 5.74) is 1.01. The molecule has 0 N–H and O–H groups in total. The van der Waals surface area contributed by atoms with Crippen molar-refractivity contribution in [3.63, 3.8) is 0 Å². The fraction of sp³-hybridized carbons (Fsp3) is 0.0714. The zero-order chi connectivity index (χ0) is 15.5. The van der Waals surface area contributed by atoms with Gasteiger partial charge in [0.25, 0.3) is 0 Å². The molecule has 2 aromatic heterocycles. The minimum Gasteiger partial charge on any atom is -0.358 e. The maximum absolute atomic E-state index is 10.8. The molecule has 0 aliphatic rings. The Morgan fingerprint density at radius 1 is 1.23 bits per heavy atom. The van der Waals surface area contributed by atoms with Crippen molar-refractivity contribution in [3.8, 4) is 10.6 Å². The number of rotatable bonds is 4. The Labute approximate surface area is 129 Å². The summed E-state index contributed by atoms with van der Waals surface area (Å²) < 4.78 is 1.41. The normalized spacial score (nSPS) is 11.1. The van der Waals surface area contributed by atoms with Crippen molar-refractivity contribution in [2.24, 2.45) is 7.05 Å². The number of hydrogen-bond donors (Lipinski definition) is 0. The average Bonchev–Trinajstić information content (AvgIpc) is 3.13. The summed E-state index contributed by atoms with van der Waals surface area (Å²) in [6.07, 6.45) is 4.66. The number of nitrogens with zero attached hydrogens (tertiary/aromatic N) is 5. The first-order valence-electron chi connectivity index (χ1n) is 6.38. The number of imidazole rings is 1. The van der Waals surface area contributed by atoms with Crippen LogP contribution in [0.4, 0.5) is 5.82 Å². The lowest BCUT2D eigenvalue weighted by atomic mass is 10.2. The predicted octanol–water partition coefficient (Wildman–Crippen LogP) is 3.02. The van der Waals surface area contributed by atoms with Crippen LogP contribution in [0.25, 0.3) is 22.7 Å². The first kappa shape index (κ1) is 14.1. The standard InChI is InChI=1S/C14H11N5O2S/c1-18-11(15-9-13(18)19(20)21)7-8-12-16-17-14(22-12)10-5-3-2-4-6-10/h2-9H,1H3/b8-7+. The van der Waals surface area contributed by atoms with Crippen molar-refractivity contribution in [3.05, 3.63) is 57.5 Å². The van der Waals surface area contributed by atoms with E-state index in [9.17, 15) is 10.1 Å². The van der Waals surface area contributed by atoms with E-state index in [1.54, 1.807) is 19.2 Å². The fourth-order valence-electron chi connectivity index (χ4n) is 1.88.